The Labute approximate surface area is 142 Å². The Kier molecular flexibility index (Phi) is 10.3. The zero-order valence-corrected chi connectivity index (χ0v) is 15.6. The summed E-state index contributed by atoms with van der Waals surface area (Å²) in [6, 6.07) is 0. The average molecular weight is 332 g/mol. The summed E-state index contributed by atoms with van der Waals surface area (Å²) >= 11 is 0. The second-order valence-electron chi connectivity index (χ2n) is 6.26. The molecule has 1 fully saturated rings. The van der Waals surface area contributed by atoms with Crippen LogP contribution in [0.25, 0.3) is 0 Å². The largest absolute Gasteiger partial charge is 0.375 e. The highest BCUT2D eigenvalue weighted by atomic mass is 16.9. The van der Waals surface area contributed by atoms with Gasteiger partial charge in [0.15, 0.2) is 0 Å². The molecule has 23 heavy (non-hydrogen) atoms. The lowest BCUT2D eigenvalue weighted by Gasteiger charge is -2.40. The molecule has 3 atom stereocenters. The summed E-state index contributed by atoms with van der Waals surface area (Å²) in [5.41, 5.74) is 0. The zero-order valence-electron chi connectivity index (χ0n) is 15.6. The molecule has 0 aliphatic carbocycles. The first-order valence-corrected chi connectivity index (χ1v) is 9.06. The van der Waals surface area contributed by atoms with Crippen LogP contribution in [0.1, 0.15) is 58.8 Å². The van der Waals surface area contributed by atoms with Gasteiger partial charge in [0.2, 0.25) is 0 Å². The molecule has 0 aromatic rings. The van der Waals surface area contributed by atoms with Crippen LogP contribution in [0.3, 0.4) is 0 Å². The van der Waals surface area contributed by atoms with Gasteiger partial charge < -0.3 is 23.7 Å². The molecule has 1 heterocycles. The van der Waals surface area contributed by atoms with Crippen molar-refractivity contribution in [3.63, 3.8) is 0 Å². The lowest BCUT2D eigenvalue weighted by Crippen LogP contribution is -2.49. The molecular weight excluding hydrogens is 296 g/mol. The Morgan fingerprint density at radius 2 is 1.61 bits per heavy atom. The average Bonchev–Trinajstić information content (AvgIpc) is 3.40. The highest BCUT2D eigenvalue weighted by Crippen LogP contribution is 2.33. The first-order valence-electron chi connectivity index (χ1n) is 9.06. The maximum absolute atomic E-state index is 6.17. The summed E-state index contributed by atoms with van der Waals surface area (Å²) in [7, 11) is 4.87. The second kappa shape index (κ2) is 11.4. The molecule has 0 amide bonds. The molecule has 0 bridgehead atoms. The third-order valence-corrected chi connectivity index (χ3v) is 4.69. The Balaban J connectivity index is 2.64. The molecule has 0 spiro atoms. The Bertz CT molecular complexity index is 281. The van der Waals surface area contributed by atoms with Gasteiger partial charge in [-0.3, -0.25) is 0 Å². The fourth-order valence-electron chi connectivity index (χ4n) is 3.19. The van der Waals surface area contributed by atoms with E-state index in [0.29, 0.717) is 6.61 Å². The number of hydrogen-bond donors (Lipinski definition) is 0. The quantitative estimate of drug-likeness (QED) is 0.260. The van der Waals surface area contributed by atoms with Crippen molar-refractivity contribution in [1.29, 1.82) is 0 Å². The van der Waals surface area contributed by atoms with E-state index in [9.17, 15) is 0 Å². The number of rotatable bonds is 15. The van der Waals surface area contributed by atoms with Gasteiger partial charge >= 0.3 is 0 Å². The molecule has 0 N–H and O–H groups in total. The van der Waals surface area contributed by atoms with E-state index >= 15 is 0 Å². The molecule has 1 aliphatic heterocycles. The van der Waals surface area contributed by atoms with E-state index in [1.54, 1.807) is 21.3 Å². The molecule has 0 aromatic carbocycles. The number of hydrogen-bond acceptors (Lipinski definition) is 5. The third-order valence-electron chi connectivity index (χ3n) is 4.69. The van der Waals surface area contributed by atoms with E-state index in [0.717, 1.165) is 25.9 Å². The molecule has 138 valence electrons. The fraction of sp³-hybridized carbons (Fsp3) is 1.00. The van der Waals surface area contributed by atoms with Crippen LogP contribution in [0, 0.1) is 5.92 Å². The summed E-state index contributed by atoms with van der Waals surface area (Å²) in [6.07, 6.45) is 8.41. The van der Waals surface area contributed by atoms with Gasteiger partial charge in [-0.15, -0.1) is 0 Å². The Morgan fingerprint density at radius 3 is 2.09 bits per heavy atom. The predicted molar refractivity (Wildman–Crippen MR) is 90.4 cm³/mol. The van der Waals surface area contributed by atoms with Crippen LogP contribution in [0.5, 0.6) is 0 Å². The van der Waals surface area contributed by atoms with Crippen molar-refractivity contribution in [2.24, 2.45) is 5.92 Å². The fourth-order valence-corrected chi connectivity index (χ4v) is 3.19. The molecule has 3 unspecified atom stereocenters. The van der Waals surface area contributed by atoms with E-state index in [1.807, 2.05) is 0 Å². The van der Waals surface area contributed by atoms with Crippen LogP contribution >= 0.6 is 0 Å². The lowest BCUT2D eigenvalue weighted by molar-refractivity contribution is -0.390. The van der Waals surface area contributed by atoms with Crippen LogP contribution in [-0.2, 0) is 23.7 Å². The normalized spacial score (nSPS) is 20.5. The van der Waals surface area contributed by atoms with Gasteiger partial charge in [0.1, 0.15) is 6.10 Å². The van der Waals surface area contributed by atoms with Crippen molar-refractivity contribution in [2.45, 2.75) is 77.0 Å². The number of unbranched alkanes of at least 4 members (excludes halogenated alkanes) is 4. The maximum atomic E-state index is 6.17. The van der Waals surface area contributed by atoms with Crippen LogP contribution in [0.2, 0.25) is 0 Å². The van der Waals surface area contributed by atoms with E-state index < -0.39 is 5.97 Å². The summed E-state index contributed by atoms with van der Waals surface area (Å²) < 4.78 is 28.2. The molecule has 1 aliphatic rings. The van der Waals surface area contributed by atoms with Gasteiger partial charge in [-0.05, 0) is 12.8 Å². The molecule has 0 saturated carbocycles. The van der Waals surface area contributed by atoms with Crippen LogP contribution in [-0.4, -0.2) is 52.7 Å². The highest BCUT2D eigenvalue weighted by Gasteiger charge is 2.44. The summed E-state index contributed by atoms with van der Waals surface area (Å²) in [4.78, 5) is 0. The Hall–Kier alpha value is -0.200. The summed E-state index contributed by atoms with van der Waals surface area (Å²) in [5.74, 6) is -1.03. The van der Waals surface area contributed by atoms with E-state index in [1.165, 1.54) is 25.7 Å². The second-order valence-corrected chi connectivity index (χ2v) is 6.26. The molecule has 5 heteroatoms. The van der Waals surface area contributed by atoms with Crippen LogP contribution in [0.15, 0.2) is 0 Å². The topological polar surface area (TPSA) is 49.5 Å². The molecule has 1 saturated heterocycles. The predicted octanol–water partition coefficient (Wildman–Crippen LogP) is 3.75. The minimum absolute atomic E-state index is 0.0208. The minimum atomic E-state index is -1.05. The number of epoxide rings is 1. The van der Waals surface area contributed by atoms with Gasteiger partial charge in [0, 0.05) is 21.3 Å². The molecule has 0 radical (unpaired) electrons. The van der Waals surface area contributed by atoms with Gasteiger partial charge in [0.05, 0.1) is 25.2 Å². The summed E-state index contributed by atoms with van der Waals surface area (Å²) in [5, 5.41) is 0. The Morgan fingerprint density at radius 1 is 1.00 bits per heavy atom. The molecular formula is C18H36O5. The minimum Gasteiger partial charge on any atom is -0.375 e. The van der Waals surface area contributed by atoms with Crippen molar-refractivity contribution in [1.82, 2.24) is 0 Å². The highest BCUT2D eigenvalue weighted by molar-refractivity contribution is 4.80. The van der Waals surface area contributed by atoms with Crippen molar-refractivity contribution < 1.29 is 23.7 Å². The van der Waals surface area contributed by atoms with Gasteiger partial charge in [-0.25, -0.2) is 0 Å². The SMILES string of the molecule is CCCCCCCC(OCC1CO1)C(CC)C(OC)(OC)OC. The lowest BCUT2D eigenvalue weighted by atomic mass is 9.91. The standard InChI is InChI=1S/C18H36O5/c1-6-8-9-10-11-12-17(23-14-15-13-22-15)16(7-2)18(19-3,20-4)21-5/h15-17H,6-14H2,1-5H3. The number of methoxy groups -OCH3 is 3. The van der Waals surface area contributed by atoms with Crippen molar-refractivity contribution in [3.8, 4) is 0 Å². The molecule has 5 nitrogen and oxygen atoms in total. The summed E-state index contributed by atoms with van der Waals surface area (Å²) in [6.45, 7) is 5.81. The van der Waals surface area contributed by atoms with Crippen molar-refractivity contribution in [3.05, 3.63) is 0 Å². The van der Waals surface area contributed by atoms with E-state index in [2.05, 4.69) is 13.8 Å². The third kappa shape index (κ3) is 6.67. The van der Waals surface area contributed by atoms with Crippen molar-refractivity contribution in [2.75, 3.05) is 34.5 Å². The maximum Gasteiger partial charge on any atom is 0.287 e. The van der Waals surface area contributed by atoms with E-state index in [4.69, 9.17) is 23.7 Å². The first-order chi connectivity index (χ1) is 11.2. The first kappa shape index (κ1) is 20.8. The monoisotopic (exact) mass is 332 g/mol. The van der Waals surface area contributed by atoms with Gasteiger partial charge in [-0.2, -0.15) is 0 Å². The van der Waals surface area contributed by atoms with Gasteiger partial charge in [0.25, 0.3) is 5.97 Å². The van der Waals surface area contributed by atoms with E-state index in [-0.39, 0.29) is 18.1 Å². The molecule has 0 aromatic heterocycles. The van der Waals surface area contributed by atoms with Crippen molar-refractivity contribution >= 4 is 0 Å². The molecule has 1 rings (SSSR count). The zero-order chi connectivity index (χ0) is 17.1. The smallest absolute Gasteiger partial charge is 0.287 e. The van der Waals surface area contributed by atoms with Crippen LogP contribution in [0.4, 0.5) is 0 Å². The number of ether oxygens (including phenoxy) is 5. The van der Waals surface area contributed by atoms with Crippen LogP contribution < -0.4 is 0 Å². The van der Waals surface area contributed by atoms with Gasteiger partial charge in [-0.1, -0.05) is 46.0 Å².